The first-order valence-corrected chi connectivity index (χ1v) is 12.7. The van der Waals surface area contributed by atoms with E-state index in [9.17, 15) is 19.5 Å². The lowest BCUT2D eigenvalue weighted by atomic mass is 10.0. The molecule has 0 radical (unpaired) electrons. The zero-order valence-corrected chi connectivity index (χ0v) is 21.7. The van der Waals surface area contributed by atoms with Gasteiger partial charge in [-0.2, -0.15) is 0 Å². The molecular formula is C26H27N3O7S. The molecule has 0 spiro atoms. The molecule has 194 valence electrons. The van der Waals surface area contributed by atoms with Crippen molar-refractivity contribution >= 4 is 27.5 Å². The number of hydrogen-bond donors (Lipinski definition) is 1. The summed E-state index contributed by atoms with van der Waals surface area (Å²) in [4.78, 5) is 45.0. The van der Waals surface area contributed by atoms with Crippen molar-refractivity contribution in [1.29, 1.82) is 0 Å². The van der Waals surface area contributed by atoms with Gasteiger partial charge in [-0.25, -0.2) is 19.1 Å². The third-order valence-electron chi connectivity index (χ3n) is 6.78. The van der Waals surface area contributed by atoms with Crippen LogP contribution >= 0.6 is 11.3 Å². The van der Waals surface area contributed by atoms with Crippen LogP contribution in [-0.4, -0.2) is 38.1 Å². The van der Waals surface area contributed by atoms with Gasteiger partial charge in [-0.05, 0) is 44.4 Å². The van der Waals surface area contributed by atoms with Crippen LogP contribution in [0.4, 0.5) is 0 Å². The summed E-state index contributed by atoms with van der Waals surface area (Å²) in [6.07, 6.45) is 2.66. The molecule has 1 saturated heterocycles. The number of carboxylic acid groups (broad SMARTS) is 1. The Morgan fingerprint density at radius 1 is 1.30 bits per heavy atom. The molecule has 2 atom stereocenters. The molecule has 1 unspecified atom stereocenters. The Kier molecular flexibility index (Phi) is 6.38. The van der Waals surface area contributed by atoms with Gasteiger partial charge in [0.25, 0.3) is 5.56 Å². The van der Waals surface area contributed by atoms with Gasteiger partial charge in [0.1, 0.15) is 22.7 Å². The van der Waals surface area contributed by atoms with Crippen LogP contribution in [0.3, 0.4) is 0 Å². The molecule has 1 aliphatic rings. The molecule has 1 N–H and O–H groups in total. The van der Waals surface area contributed by atoms with Crippen LogP contribution in [0, 0.1) is 13.8 Å². The van der Waals surface area contributed by atoms with Crippen molar-refractivity contribution < 1.29 is 23.8 Å². The van der Waals surface area contributed by atoms with Crippen molar-refractivity contribution in [3.8, 4) is 10.8 Å². The van der Waals surface area contributed by atoms with Gasteiger partial charge in [-0.3, -0.25) is 9.36 Å². The predicted molar refractivity (Wildman–Crippen MR) is 137 cm³/mol. The maximum absolute atomic E-state index is 13.9. The van der Waals surface area contributed by atoms with Crippen LogP contribution in [0.1, 0.15) is 43.1 Å². The molecule has 5 rings (SSSR count). The van der Waals surface area contributed by atoms with E-state index in [2.05, 4.69) is 4.98 Å². The Morgan fingerprint density at radius 3 is 2.62 bits per heavy atom. The first-order valence-electron chi connectivity index (χ1n) is 11.9. The molecule has 4 heterocycles. The molecule has 0 amide bonds. The molecule has 4 aromatic rings. The normalized spacial score (nSPS) is 16.6. The maximum Gasteiger partial charge on any atom is 0.333 e. The number of hydrogen-bond acceptors (Lipinski definition) is 8. The number of benzene rings is 1. The SMILES string of the molecule is Cc1ccccc1[C@H](Cn1c(=O)n(C(C)(C)C(=O)O)c(=O)c2c(C)c(-c3ncco3)sc21)OC1CCO1. The fourth-order valence-corrected chi connectivity index (χ4v) is 5.71. The average molecular weight is 526 g/mol. The van der Waals surface area contributed by atoms with Crippen LogP contribution in [0.5, 0.6) is 0 Å². The molecule has 1 fully saturated rings. The number of aliphatic carboxylic acids is 1. The summed E-state index contributed by atoms with van der Waals surface area (Å²) < 4.78 is 19.5. The molecule has 37 heavy (non-hydrogen) atoms. The van der Waals surface area contributed by atoms with E-state index >= 15 is 0 Å². The summed E-state index contributed by atoms with van der Waals surface area (Å²) in [5, 5.41) is 10.2. The number of fused-ring (bicyclic) bond motifs is 1. The second kappa shape index (κ2) is 9.40. The van der Waals surface area contributed by atoms with Gasteiger partial charge in [0.2, 0.25) is 5.89 Å². The zero-order chi connectivity index (χ0) is 26.5. The van der Waals surface area contributed by atoms with Crippen LogP contribution in [-0.2, 0) is 26.4 Å². The average Bonchev–Trinajstić information content (AvgIpc) is 3.46. The Hall–Kier alpha value is -3.54. The molecule has 0 bridgehead atoms. The number of thiophene rings is 1. The summed E-state index contributed by atoms with van der Waals surface area (Å²) in [5.41, 5.74) is -0.801. The Balaban J connectivity index is 1.78. The topological polar surface area (TPSA) is 126 Å². The number of carboxylic acids is 1. The number of aryl methyl sites for hydroxylation is 2. The summed E-state index contributed by atoms with van der Waals surface area (Å²) in [7, 11) is 0. The lowest BCUT2D eigenvalue weighted by molar-refractivity contribution is -0.239. The van der Waals surface area contributed by atoms with E-state index in [0.717, 1.165) is 22.1 Å². The maximum atomic E-state index is 13.9. The number of oxazole rings is 1. The van der Waals surface area contributed by atoms with Crippen LogP contribution in [0.2, 0.25) is 0 Å². The first-order chi connectivity index (χ1) is 17.6. The zero-order valence-electron chi connectivity index (χ0n) is 20.9. The van der Waals surface area contributed by atoms with Gasteiger partial charge in [0.15, 0.2) is 6.29 Å². The quantitative estimate of drug-likeness (QED) is 0.368. The second-order valence-corrected chi connectivity index (χ2v) is 10.5. The number of nitrogens with zero attached hydrogens (tertiary/aromatic N) is 3. The van der Waals surface area contributed by atoms with E-state index < -0.39 is 35.2 Å². The fourth-order valence-electron chi connectivity index (χ4n) is 4.47. The molecule has 0 saturated carbocycles. The highest BCUT2D eigenvalue weighted by Gasteiger charge is 2.36. The lowest BCUT2D eigenvalue weighted by Gasteiger charge is -2.32. The Morgan fingerprint density at radius 2 is 2.03 bits per heavy atom. The van der Waals surface area contributed by atoms with Crippen LogP contribution in [0.15, 0.2) is 50.7 Å². The fraction of sp³-hybridized carbons (Fsp3) is 0.385. The van der Waals surface area contributed by atoms with Gasteiger partial charge in [-0.15, -0.1) is 11.3 Å². The van der Waals surface area contributed by atoms with E-state index in [1.807, 2.05) is 31.2 Å². The standard InChI is InChI=1S/C26H27N3O7S/c1-14-7-5-6-8-16(14)17(36-18-9-11-34-18)13-28-23-19(15(2)20(37-23)21-27-10-12-35-21)22(30)29(25(28)33)26(3,4)24(31)32/h5-8,10,12,17-18H,9,11,13H2,1-4H3,(H,31,32)/t17-,18?/m0/s1. The highest BCUT2D eigenvalue weighted by atomic mass is 32.1. The number of carbonyl (C=O) groups is 1. The van der Waals surface area contributed by atoms with Crippen molar-refractivity contribution in [3.63, 3.8) is 0 Å². The monoisotopic (exact) mass is 525 g/mol. The number of rotatable bonds is 8. The highest BCUT2D eigenvalue weighted by Crippen LogP contribution is 2.37. The van der Waals surface area contributed by atoms with Crippen molar-refractivity contribution in [1.82, 2.24) is 14.1 Å². The second-order valence-electron chi connectivity index (χ2n) is 9.54. The Bertz CT molecular complexity index is 1590. The summed E-state index contributed by atoms with van der Waals surface area (Å²) in [5.74, 6) is -0.983. The summed E-state index contributed by atoms with van der Waals surface area (Å²) >= 11 is 1.20. The molecular weight excluding hydrogens is 498 g/mol. The minimum atomic E-state index is -1.79. The molecule has 11 heteroatoms. The van der Waals surface area contributed by atoms with E-state index in [-0.39, 0.29) is 11.9 Å². The van der Waals surface area contributed by atoms with Gasteiger partial charge in [0, 0.05) is 6.42 Å². The smallest absolute Gasteiger partial charge is 0.333 e. The summed E-state index contributed by atoms with van der Waals surface area (Å²) in [6.45, 7) is 7.00. The van der Waals surface area contributed by atoms with E-state index in [4.69, 9.17) is 13.9 Å². The van der Waals surface area contributed by atoms with E-state index in [1.54, 1.807) is 6.92 Å². The molecule has 1 aliphatic heterocycles. The van der Waals surface area contributed by atoms with Gasteiger partial charge < -0.3 is 19.0 Å². The largest absolute Gasteiger partial charge is 0.480 e. The lowest BCUT2D eigenvalue weighted by Crippen LogP contribution is -2.52. The van der Waals surface area contributed by atoms with Crippen LogP contribution < -0.4 is 11.2 Å². The predicted octanol–water partition coefficient (Wildman–Crippen LogP) is 3.82. The number of aromatic nitrogens is 3. The summed E-state index contributed by atoms with van der Waals surface area (Å²) in [6, 6.07) is 7.69. The van der Waals surface area contributed by atoms with Crippen molar-refractivity contribution in [2.45, 2.75) is 58.6 Å². The van der Waals surface area contributed by atoms with Gasteiger partial charge in [-0.1, -0.05) is 24.3 Å². The Labute approximate surface area is 215 Å². The molecule has 10 nitrogen and oxygen atoms in total. The molecule has 3 aromatic heterocycles. The highest BCUT2D eigenvalue weighted by molar-refractivity contribution is 7.22. The number of ether oxygens (including phenoxy) is 2. The molecule has 1 aromatic carbocycles. The molecule has 0 aliphatic carbocycles. The van der Waals surface area contributed by atoms with Crippen LogP contribution in [0.25, 0.3) is 21.0 Å². The third-order valence-corrected chi connectivity index (χ3v) is 8.08. The van der Waals surface area contributed by atoms with Gasteiger partial charge >= 0.3 is 11.7 Å². The van der Waals surface area contributed by atoms with Crippen molar-refractivity contribution in [2.75, 3.05) is 6.61 Å². The third kappa shape index (κ3) is 4.22. The van der Waals surface area contributed by atoms with E-state index in [1.165, 1.54) is 42.2 Å². The van der Waals surface area contributed by atoms with Gasteiger partial charge in [0.05, 0.1) is 29.6 Å². The van der Waals surface area contributed by atoms with Crippen molar-refractivity contribution in [2.24, 2.45) is 0 Å². The minimum Gasteiger partial charge on any atom is -0.480 e. The minimum absolute atomic E-state index is 0.0427. The van der Waals surface area contributed by atoms with E-state index in [0.29, 0.717) is 27.8 Å². The van der Waals surface area contributed by atoms with Crippen molar-refractivity contribution in [3.05, 3.63) is 74.3 Å². The first kappa shape index (κ1) is 25.1.